The van der Waals surface area contributed by atoms with E-state index in [0.717, 1.165) is 0 Å². The highest BCUT2D eigenvalue weighted by Gasteiger charge is 2.19. The van der Waals surface area contributed by atoms with Gasteiger partial charge in [0.15, 0.2) is 0 Å². The van der Waals surface area contributed by atoms with E-state index in [1.807, 2.05) is 27.7 Å². The first-order chi connectivity index (χ1) is 6.84. The maximum atomic E-state index is 11.6. The summed E-state index contributed by atoms with van der Waals surface area (Å²) in [4.78, 5) is 23.8. The second kappa shape index (κ2) is 6.40. The topological polar surface area (TPSA) is 72.6 Å². The zero-order valence-electron chi connectivity index (χ0n) is 9.82. The van der Waals surface area contributed by atoms with E-state index in [2.05, 4.69) is 0 Å². The van der Waals surface area contributed by atoms with Gasteiger partial charge in [0.05, 0.1) is 12.6 Å². The van der Waals surface area contributed by atoms with E-state index >= 15 is 0 Å². The second-order valence-corrected chi connectivity index (χ2v) is 3.94. The van der Waals surface area contributed by atoms with Gasteiger partial charge in [-0.25, -0.2) is 0 Å². The smallest absolute Gasteiger partial charge is 0.249 e. The Bertz CT molecular complexity index is 227. The van der Waals surface area contributed by atoms with Crippen LogP contribution in [-0.4, -0.2) is 42.0 Å². The molecule has 0 aromatic carbocycles. The first-order valence-corrected chi connectivity index (χ1v) is 5.04. The molecule has 0 fully saturated rings. The van der Waals surface area contributed by atoms with Crippen molar-refractivity contribution in [1.82, 2.24) is 4.90 Å². The molecule has 2 amide bonds. The summed E-state index contributed by atoms with van der Waals surface area (Å²) in [5, 5.41) is 0. The van der Waals surface area contributed by atoms with Gasteiger partial charge in [-0.05, 0) is 27.7 Å². The number of rotatable bonds is 6. The summed E-state index contributed by atoms with van der Waals surface area (Å²) < 4.78 is 5.17. The molecule has 0 heterocycles. The molecule has 0 saturated carbocycles. The van der Waals surface area contributed by atoms with E-state index in [1.165, 1.54) is 4.90 Å². The van der Waals surface area contributed by atoms with Gasteiger partial charge in [-0.1, -0.05) is 0 Å². The molecule has 15 heavy (non-hydrogen) atoms. The van der Waals surface area contributed by atoms with Gasteiger partial charge in [0.25, 0.3) is 0 Å². The molecule has 0 unspecified atom stereocenters. The Labute approximate surface area is 90.6 Å². The van der Waals surface area contributed by atoms with Crippen molar-refractivity contribution in [2.24, 2.45) is 5.73 Å². The maximum Gasteiger partial charge on any atom is 0.249 e. The number of primary amides is 1. The van der Waals surface area contributed by atoms with E-state index in [1.54, 1.807) is 0 Å². The van der Waals surface area contributed by atoms with Crippen LogP contribution in [-0.2, 0) is 14.3 Å². The standard InChI is InChI=1S/C10H20N2O3/c1-7(2)12(5-9(11)13)10(14)6-15-8(3)4/h7-8H,5-6H2,1-4H3,(H2,11,13). The predicted molar refractivity (Wildman–Crippen MR) is 57.1 cm³/mol. The normalized spacial score (nSPS) is 10.8. The van der Waals surface area contributed by atoms with Crippen LogP contribution in [0.2, 0.25) is 0 Å². The highest BCUT2D eigenvalue weighted by Crippen LogP contribution is 2.00. The first kappa shape index (κ1) is 13.9. The van der Waals surface area contributed by atoms with Crippen LogP contribution in [0.5, 0.6) is 0 Å². The molecule has 5 heteroatoms. The van der Waals surface area contributed by atoms with Crippen LogP contribution in [0.4, 0.5) is 0 Å². The monoisotopic (exact) mass is 216 g/mol. The van der Waals surface area contributed by atoms with Crippen LogP contribution in [0.15, 0.2) is 0 Å². The largest absolute Gasteiger partial charge is 0.369 e. The third kappa shape index (κ3) is 6.06. The summed E-state index contributed by atoms with van der Waals surface area (Å²) in [6.45, 7) is 7.29. The Morgan fingerprint density at radius 2 is 1.80 bits per heavy atom. The highest BCUT2D eigenvalue weighted by molar-refractivity contribution is 5.84. The lowest BCUT2D eigenvalue weighted by Gasteiger charge is -2.25. The number of amides is 2. The van der Waals surface area contributed by atoms with E-state index < -0.39 is 5.91 Å². The van der Waals surface area contributed by atoms with Crippen molar-refractivity contribution < 1.29 is 14.3 Å². The Morgan fingerprint density at radius 1 is 1.27 bits per heavy atom. The summed E-state index contributed by atoms with van der Waals surface area (Å²) in [7, 11) is 0. The number of carbonyl (C=O) groups is 2. The molecule has 0 radical (unpaired) electrons. The van der Waals surface area contributed by atoms with Gasteiger partial charge < -0.3 is 15.4 Å². The minimum Gasteiger partial charge on any atom is -0.369 e. The minimum atomic E-state index is -0.512. The van der Waals surface area contributed by atoms with Crippen LogP contribution < -0.4 is 5.73 Å². The summed E-state index contributed by atoms with van der Waals surface area (Å²) in [6, 6.07) is -0.0548. The van der Waals surface area contributed by atoms with Crippen molar-refractivity contribution in [3.8, 4) is 0 Å². The van der Waals surface area contributed by atoms with Crippen molar-refractivity contribution in [1.29, 1.82) is 0 Å². The average molecular weight is 216 g/mol. The summed E-state index contributed by atoms with van der Waals surface area (Å²) in [6.07, 6.45) is -0.00320. The lowest BCUT2D eigenvalue weighted by atomic mass is 10.3. The molecule has 0 aromatic rings. The summed E-state index contributed by atoms with van der Waals surface area (Å²) in [5.74, 6) is -0.723. The van der Waals surface area contributed by atoms with E-state index in [-0.39, 0.29) is 31.2 Å². The van der Waals surface area contributed by atoms with Crippen molar-refractivity contribution in [3.63, 3.8) is 0 Å². The van der Waals surface area contributed by atoms with Gasteiger partial charge in [-0.15, -0.1) is 0 Å². The maximum absolute atomic E-state index is 11.6. The number of carbonyl (C=O) groups excluding carboxylic acids is 2. The van der Waals surface area contributed by atoms with Gasteiger partial charge in [-0.2, -0.15) is 0 Å². The zero-order chi connectivity index (χ0) is 12.0. The molecule has 0 aliphatic heterocycles. The molecular weight excluding hydrogens is 196 g/mol. The predicted octanol–water partition coefficient (Wildman–Crippen LogP) is 0.134. The van der Waals surface area contributed by atoms with Crippen LogP contribution in [0.3, 0.4) is 0 Å². The van der Waals surface area contributed by atoms with Crippen LogP contribution in [0.25, 0.3) is 0 Å². The summed E-state index contributed by atoms with van der Waals surface area (Å²) >= 11 is 0. The fourth-order valence-electron chi connectivity index (χ4n) is 1.05. The molecule has 0 atom stereocenters. The number of nitrogens with zero attached hydrogens (tertiary/aromatic N) is 1. The number of hydrogen-bond donors (Lipinski definition) is 1. The Balaban J connectivity index is 4.23. The number of nitrogens with two attached hydrogens (primary N) is 1. The lowest BCUT2D eigenvalue weighted by molar-refractivity contribution is -0.142. The Hall–Kier alpha value is -1.10. The van der Waals surface area contributed by atoms with Gasteiger partial charge in [0.2, 0.25) is 11.8 Å². The zero-order valence-corrected chi connectivity index (χ0v) is 9.82. The fourth-order valence-corrected chi connectivity index (χ4v) is 1.05. The minimum absolute atomic E-state index is 0.00320. The molecule has 0 aromatic heterocycles. The Morgan fingerprint density at radius 3 is 2.13 bits per heavy atom. The molecule has 0 aliphatic carbocycles. The quantitative estimate of drug-likeness (QED) is 0.686. The van der Waals surface area contributed by atoms with Crippen LogP contribution in [0.1, 0.15) is 27.7 Å². The molecule has 0 rings (SSSR count). The van der Waals surface area contributed by atoms with Gasteiger partial charge >= 0.3 is 0 Å². The summed E-state index contributed by atoms with van der Waals surface area (Å²) in [5.41, 5.74) is 5.05. The van der Waals surface area contributed by atoms with E-state index in [4.69, 9.17) is 10.5 Å². The highest BCUT2D eigenvalue weighted by atomic mass is 16.5. The van der Waals surface area contributed by atoms with Crippen LogP contribution in [0, 0.1) is 0 Å². The van der Waals surface area contributed by atoms with Crippen molar-refractivity contribution in [2.45, 2.75) is 39.8 Å². The molecule has 0 aliphatic rings. The Kier molecular flexibility index (Phi) is 5.93. The van der Waals surface area contributed by atoms with E-state index in [0.29, 0.717) is 0 Å². The third-order valence-electron chi connectivity index (χ3n) is 1.81. The molecule has 88 valence electrons. The number of hydrogen-bond acceptors (Lipinski definition) is 3. The first-order valence-electron chi connectivity index (χ1n) is 5.04. The lowest BCUT2D eigenvalue weighted by Crippen LogP contribution is -2.44. The fraction of sp³-hybridized carbons (Fsp3) is 0.800. The van der Waals surface area contributed by atoms with Gasteiger partial charge in [-0.3, -0.25) is 9.59 Å². The second-order valence-electron chi connectivity index (χ2n) is 3.94. The molecular formula is C10H20N2O3. The average Bonchev–Trinajstić information content (AvgIpc) is 2.09. The molecule has 5 nitrogen and oxygen atoms in total. The molecule has 2 N–H and O–H groups in total. The van der Waals surface area contributed by atoms with Gasteiger partial charge in [0, 0.05) is 6.04 Å². The molecule has 0 bridgehead atoms. The molecule has 0 spiro atoms. The van der Waals surface area contributed by atoms with Crippen molar-refractivity contribution in [2.75, 3.05) is 13.2 Å². The van der Waals surface area contributed by atoms with Crippen molar-refractivity contribution in [3.05, 3.63) is 0 Å². The van der Waals surface area contributed by atoms with E-state index in [9.17, 15) is 9.59 Å². The van der Waals surface area contributed by atoms with Gasteiger partial charge in [0.1, 0.15) is 6.61 Å². The third-order valence-corrected chi connectivity index (χ3v) is 1.81. The van der Waals surface area contributed by atoms with Crippen LogP contribution >= 0.6 is 0 Å². The number of ether oxygens (including phenoxy) is 1. The molecule has 0 saturated heterocycles. The SMILES string of the molecule is CC(C)OCC(=O)N(CC(N)=O)C(C)C. The van der Waals surface area contributed by atoms with Crippen molar-refractivity contribution >= 4 is 11.8 Å².